The fourth-order valence-corrected chi connectivity index (χ4v) is 5.27. The third-order valence-electron chi connectivity index (χ3n) is 6.85. The van der Waals surface area contributed by atoms with Crippen molar-refractivity contribution >= 4 is 21.8 Å². The molecule has 0 bridgehead atoms. The number of aromatic nitrogens is 1. The number of benzene rings is 4. The van der Waals surface area contributed by atoms with Gasteiger partial charge in [0, 0.05) is 21.9 Å². The Bertz CT molecular complexity index is 1600. The third kappa shape index (κ3) is 2.34. The van der Waals surface area contributed by atoms with Gasteiger partial charge in [0.2, 0.25) is 0 Å². The highest BCUT2D eigenvalue weighted by atomic mass is 15.0. The first-order valence-electron chi connectivity index (χ1n) is 10.7. The van der Waals surface area contributed by atoms with Gasteiger partial charge in [-0.15, -0.1) is 0 Å². The summed E-state index contributed by atoms with van der Waals surface area (Å²) in [5.41, 5.74) is 9.55. The summed E-state index contributed by atoms with van der Waals surface area (Å²) in [4.78, 5) is 0. The Hall–Kier alpha value is -4.34. The van der Waals surface area contributed by atoms with Crippen molar-refractivity contribution in [3.05, 3.63) is 101 Å². The Kier molecular flexibility index (Phi) is 3.65. The van der Waals surface area contributed by atoms with E-state index in [4.69, 9.17) is 0 Å². The van der Waals surface area contributed by atoms with Crippen LogP contribution in [0.4, 0.5) is 0 Å². The monoisotopic (exact) mass is 409 g/mol. The van der Waals surface area contributed by atoms with E-state index in [-0.39, 0.29) is 5.41 Å². The van der Waals surface area contributed by atoms with E-state index < -0.39 is 0 Å². The Morgan fingerprint density at radius 2 is 1.25 bits per heavy atom. The van der Waals surface area contributed by atoms with E-state index in [0.717, 1.165) is 27.5 Å². The molecule has 32 heavy (non-hydrogen) atoms. The highest BCUT2D eigenvalue weighted by Crippen LogP contribution is 2.49. The number of hydrogen-bond acceptors (Lipinski definition) is 2. The maximum absolute atomic E-state index is 9.43. The van der Waals surface area contributed by atoms with Crippen molar-refractivity contribution in [3.63, 3.8) is 0 Å². The number of nitrogens with zero attached hydrogens (tertiary/aromatic N) is 3. The summed E-state index contributed by atoms with van der Waals surface area (Å²) < 4.78 is 2.24. The zero-order valence-corrected chi connectivity index (χ0v) is 17.8. The largest absolute Gasteiger partial charge is 0.309 e. The summed E-state index contributed by atoms with van der Waals surface area (Å²) >= 11 is 0. The van der Waals surface area contributed by atoms with Gasteiger partial charge in [0.25, 0.3) is 0 Å². The van der Waals surface area contributed by atoms with Gasteiger partial charge in [0.1, 0.15) is 0 Å². The average Bonchev–Trinajstić information content (AvgIpc) is 3.27. The van der Waals surface area contributed by atoms with Crippen LogP contribution in [-0.4, -0.2) is 4.57 Å². The van der Waals surface area contributed by atoms with Gasteiger partial charge in [0.05, 0.1) is 34.3 Å². The van der Waals surface area contributed by atoms with E-state index in [0.29, 0.717) is 11.1 Å². The highest BCUT2D eigenvalue weighted by molar-refractivity contribution is 6.10. The lowest BCUT2D eigenvalue weighted by Gasteiger charge is -2.22. The first kappa shape index (κ1) is 18.4. The van der Waals surface area contributed by atoms with Crippen LogP contribution in [0.1, 0.15) is 36.1 Å². The van der Waals surface area contributed by atoms with Crippen LogP contribution in [0.25, 0.3) is 38.6 Å². The summed E-state index contributed by atoms with van der Waals surface area (Å²) in [6, 6.07) is 31.4. The van der Waals surface area contributed by atoms with Crippen LogP contribution >= 0.6 is 0 Å². The molecule has 0 fully saturated rings. The van der Waals surface area contributed by atoms with E-state index in [9.17, 15) is 10.5 Å². The van der Waals surface area contributed by atoms with Crippen LogP contribution in [0.15, 0.2) is 78.9 Å². The maximum Gasteiger partial charge on any atom is 0.0991 e. The molecule has 1 heterocycles. The quantitative estimate of drug-likeness (QED) is 0.304. The SMILES string of the molecule is CC1(C)c2ccccc2-c2ccc(-n3c4ccc(C#N)cc4c4cc(C#N)ccc43)cc21. The standard InChI is InChI=1S/C29H19N3/c1-29(2)25-6-4-3-5-21(25)22-10-9-20(15-26(22)29)32-27-11-7-18(16-30)13-23(27)24-14-19(17-31)8-12-28(24)32/h3-15H,1-2H3. The van der Waals surface area contributed by atoms with Crippen LogP contribution in [0.2, 0.25) is 0 Å². The van der Waals surface area contributed by atoms with Crippen molar-refractivity contribution in [1.29, 1.82) is 10.5 Å². The van der Waals surface area contributed by atoms with Gasteiger partial charge in [-0.25, -0.2) is 0 Å². The van der Waals surface area contributed by atoms with Crippen LogP contribution in [-0.2, 0) is 5.41 Å². The maximum atomic E-state index is 9.43. The molecule has 1 aromatic heterocycles. The van der Waals surface area contributed by atoms with Crippen molar-refractivity contribution < 1.29 is 0 Å². The van der Waals surface area contributed by atoms with E-state index in [2.05, 4.69) is 73.0 Å². The average molecular weight is 409 g/mol. The summed E-state index contributed by atoms with van der Waals surface area (Å²) in [6.45, 7) is 4.57. The van der Waals surface area contributed by atoms with E-state index in [1.54, 1.807) is 0 Å². The molecular weight excluding hydrogens is 390 g/mol. The van der Waals surface area contributed by atoms with Crippen LogP contribution in [0, 0.1) is 22.7 Å². The second-order valence-electron chi connectivity index (χ2n) is 8.92. The van der Waals surface area contributed by atoms with E-state index in [1.165, 1.54) is 22.3 Å². The van der Waals surface area contributed by atoms with Crippen molar-refractivity contribution in [2.75, 3.05) is 0 Å². The minimum absolute atomic E-state index is 0.0807. The highest BCUT2D eigenvalue weighted by Gasteiger charge is 2.35. The molecule has 6 rings (SSSR count). The van der Waals surface area contributed by atoms with E-state index in [1.807, 2.05) is 36.4 Å². The molecule has 3 nitrogen and oxygen atoms in total. The Balaban J connectivity index is 1.67. The molecule has 150 valence electrons. The fraction of sp³-hybridized carbons (Fsp3) is 0.103. The van der Waals surface area contributed by atoms with Gasteiger partial charge in [-0.3, -0.25) is 0 Å². The zero-order valence-electron chi connectivity index (χ0n) is 17.8. The van der Waals surface area contributed by atoms with Crippen molar-refractivity contribution in [3.8, 4) is 29.0 Å². The molecule has 0 atom stereocenters. The van der Waals surface area contributed by atoms with Crippen molar-refractivity contribution in [1.82, 2.24) is 4.57 Å². The molecule has 0 N–H and O–H groups in total. The minimum Gasteiger partial charge on any atom is -0.309 e. The first-order valence-corrected chi connectivity index (χ1v) is 10.7. The smallest absolute Gasteiger partial charge is 0.0991 e. The van der Waals surface area contributed by atoms with Crippen molar-refractivity contribution in [2.45, 2.75) is 19.3 Å². The second-order valence-corrected chi connectivity index (χ2v) is 8.92. The van der Waals surface area contributed by atoms with Gasteiger partial charge < -0.3 is 4.57 Å². The van der Waals surface area contributed by atoms with Crippen LogP contribution in [0.3, 0.4) is 0 Å². The summed E-state index contributed by atoms with van der Waals surface area (Å²) in [5.74, 6) is 0. The number of nitriles is 2. The van der Waals surface area contributed by atoms with Gasteiger partial charge in [-0.2, -0.15) is 10.5 Å². The lowest BCUT2D eigenvalue weighted by Crippen LogP contribution is -2.15. The van der Waals surface area contributed by atoms with Crippen LogP contribution < -0.4 is 0 Å². The Labute approximate surface area is 186 Å². The third-order valence-corrected chi connectivity index (χ3v) is 6.85. The Morgan fingerprint density at radius 1 is 0.656 bits per heavy atom. The molecule has 0 radical (unpaired) electrons. The first-order chi connectivity index (χ1) is 15.5. The zero-order chi connectivity index (χ0) is 22.0. The van der Waals surface area contributed by atoms with Gasteiger partial charge >= 0.3 is 0 Å². The topological polar surface area (TPSA) is 52.5 Å². The number of fused-ring (bicyclic) bond motifs is 6. The van der Waals surface area contributed by atoms with Gasteiger partial charge in [-0.1, -0.05) is 44.2 Å². The summed E-state index contributed by atoms with van der Waals surface area (Å²) in [6.07, 6.45) is 0. The predicted octanol–water partition coefficient (Wildman–Crippen LogP) is 6.83. The van der Waals surface area contributed by atoms with E-state index >= 15 is 0 Å². The van der Waals surface area contributed by atoms with Gasteiger partial charge in [-0.05, 0) is 70.8 Å². The lowest BCUT2D eigenvalue weighted by atomic mass is 9.82. The second kappa shape index (κ2) is 6.33. The molecule has 0 saturated heterocycles. The fourth-order valence-electron chi connectivity index (χ4n) is 5.27. The van der Waals surface area contributed by atoms with Crippen LogP contribution in [0.5, 0.6) is 0 Å². The van der Waals surface area contributed by atoms with Gasteiger partial charge in [0.15, 0.2) is 0 Å². The molecule has 3 heteroatoms. The normalized spacial score (nSPS) is 13.5. The summed E-state index contributed by atoms with van der Waals surface area (Å²) in [7, 11) is 0. The molecule has 0 aliphatic heterocycles. The molecule has 1 aliphatic rings. The molecule has 1 aliphatic carbocycles. The molecule has 0 unspecified atom stereocenters. The van der Waals surface area contributed by atoms with Crippen molar-refractivity contribution in [2.24, 2.45) is 0 Å². The molecule has 0 amide bonds. The number of rotatable bonds is 1. The Morgan fingerprint density at radius 3 is 1.88 bits per heavy atom. The summed E-state index contributed by atoms with van der Waals surface area (Å²) in [5, 5.41) is 20.8. The lowest BCUT2D eigenvalue weighted by molar-refractivity contribution is 0.660. The number of hydrogen-bond donors (Lipinski definition) is 0. The minimum atomic E-state index is -0.0807. The molecule has 0 saturated carbocycles. The molecule has 5 aromatic rings. The predicted molar refractivity (Wildman–Crippen MR) is 128 cm³/mol. The molecule has 0 spiro atoms. The molecular formula is C29H19N3. The molecule has 4 aromatic carbocycles.